The maximum absolute atomic E-state index is 11.8. The number of rotatable bonds is 7. The molecule has 0 aliphatic heterocycles. The fraction of sp³-hybridized carbons (Fsp3) is 0.278. The van der Waals surface area contributed by atoms with Gasteiger partial charge in [0.15, 0.2) is 0 Å². The summed E-state index contributed by atoms with van der Waals surface area (Å²) in [6, 6.07) is 16.3. The van der Waals surface area contributed by atoms with Crippen molar-refractivity contribution < 1.29 is 14.6 Å². The van der Waals surface area contributed by atoms with E-state index < -0.39 is 6.10 Å². The van der Waals surface area contributed by atoms with Crippen molar-refractivity contribution in [3.63, 3.8) is 0 Å². The van der Waals surface area contributed by atoms with Gasteiger partial charge < -0.3 is 20.5 Å². The van der Waals surface area contributed by atoms with E-state index in [-0.39, 0.29) is 6.03 Å². The van der Waals surface area contributed by atoms with E-state index in [9.17, 15) is 9.90 Å². The van der Waals surface area contributed by atoms with E-state index in [4.69, 9.17) is 4.74 Å². The van der Waals surface area contributed by atoms with E-state index in [1.807, 2.05) is 37.3 Å². The molecule has 3 N–H and O–H groups in total. The monoisotopic (exact) mass is 314 g/mol. The molecule has 0 fully saturated rings. The lowest BCUT2D eigenvalue weighted by molar-refractivity contribution is 0.167. The van der Waals surface area contributed by atoms with Crippen LogP contribution in [-0.4, -0.2) is 24.3 Å². The molecule has 0 saturated heterocycles. The molecule has 2 aromatic rings. The second-order valence-corrected chi connectivity index (χ2v) is 5.05. The first-order chi connectivity index (χ1) is 11.2. The van der Waals surface area contributed by atoms with Gasteiger partial charge in [0.25, 0.3) is 0 Å². The third-order valence-corrected chi connectivity index (χ3v) is 3.31. The Balaban J connectivity index is 1.72. The predicted octanol–water partition coefficient (Wildman–Crippen LogP) is 3.33. The number of carbonyl (C=O) groups is 1. The van der Waals surface area contributed by atoms with Crippen LogP contribution in [0, 0.1) is 0 Å². The predicted molar refractivity (Wildman–Crippen MR) is 90.7 cm³/mol. The number of anilines is 1. The van der Waals surface area contributed by atoms with Crippen molar-refractivity contribution >= 4 is 11.7 Å². The lowest BCUT2D eigenvalue weighted by atomic mass is 10.1. The summed E-state index contributed by atoms with van der Waals surface area (Å²) in [5, 5.41) is 15.5. The SMILES string of the molecule is CCOc1ccc(NC(=O)NCC[C@H](O)c2ccccc2)cc1. The van der Waals surface area contributed by atoms with E-state index in [0.29, 0.717) is 25.3 Å². The molecule has 23 heavy (non-hydrogen) atoms. The second-order valence-electron chi connectivity index (χ2n) is 5.05. The minimum atomic E-state index is -0.582. The third kappa shape index (κ3) is 5.64. The fourth-order valence-electron chi connectivity index (χ4n) is 2.14. The quantitative estimate of drug-likeness (QED) is 0.734. The van der Waals surface area contributed by atoms with Gasteiger partial charge in [0.2, 0.25) is 0 Å². The Bertz CT molecular complexity index is 599. The van der Waals surface area contributed by atoms with Crippen LogP contribution >= 0.6 is 0 Å². The molecule has 0 aliphatic rings. The molecule has 0 aromatic heterocycles. The number of aliphatic hydroxyl groups excluding tert-OH is 1. The van der Waals surface area contributed by atoms with Gasteiger partial charge in [-0.2, -0.15) is 0 Å². The van der Waals surface area contributed by atoms with Crippen LogP contribution in [0.3, 0.4) is 0 Å². The van der Waals surface area contributed by atoms with Crippen molar-refractivity contribution in [1.82, 2.24) is 5.32 Å². The molecule has 0 bridgehead atoms. The lowest BCUT2D eigenvalue weighted by Gasteiger charge is -2.12. The van der Waals surface area contributed by atoms with Gasteiger partial charge >= 0.3 is 6.03 Å². The van der Waals surface area contributed by atoms with Crippen molar-refractivity contribution in [3.8, 4) is 5.75 Å². The average Bonchev–Trinajstić information content (AvgIpc) is 2.57. The van der Waals surface area contributed by atoms with E-state index in [1.54, 1.807) is 24.3 Å². The molecule has 0 saturated carbocycles. The highest BCUT2D eigenvalue weighted by Crippen LogP contribution is 2.16. The first kappa shape index (κ1) is 16.8. The zero-order valence-electron chi connectivity index (χ0n) is 13.2. The number of aliphatic hydroxyl groups is 1. The standard InChI is InChI=1S/C18H22N2O3/c1-2-23-16-10-8-15(9-11-16)20-18(22)19-13-12-17(21)14-6-4-3-5-7-14/h3-11,17,21H,2,12-13H2,1H3,(H2,19,20,22)/t17-/m0/s1. The number of hydrogen-bond acceptors (Lipinski definition) is 3. The Morgan fingerprint density at radius 2 is 1.83 bits per heavy atom. The molecule has 0 radical (unpaired) electrons. The van der Waals surface area contributed by atoms with Crippen LogP contribution in [-0.2, 0) is 0 Å². The Morgan fingerprint density at radius 3 is 2.48 bits per heavy atom. The highest BCUT2D eigenvalue weighted by Gasteiger charge is 2.07. The van der Waals surface area contributed by atoms with Crippen LogP contribution in [0.1, 0.15) is 25.0 Å². The number of hydrogen-bond donors (Lipinski definition) is 3. The van der Waals surface area contributed by atoms with Gasteiger partial charge in [0.05, 0.1) is 12.7 Å². The Morgan fingerprint density at radius 1 is 1.13 bits per heavy atom. The molecule has 2 amide bonds. The zero-order valence-corrected chi connectivity index (χ0v) is 13.2. The van der Waals surface area contributed by atoms with E-state index in [0.717, 1.165) is 11.3 Å². The second kappa shape index (κ2) is 8.80. The van der Waals surface area contributed by atoms with Crippen LogP contribution < -0.4 is 15.4 Å². The summed E-state index contributed by atoms with van der Waals surface area (Å²) in [6.07, 6.45) is -0.122. The molecular formula is C18H22N2O3. The maximum Gasteiger partial charge on any atom is 0.319 e. The summed E-state index contributed by atoms with van der Waals surface area (Å²) in [5.41, 5.74) is 1.54. The van der Waals surface area contributed by atoms with Gasteiger partial charge in [-0.3, -0.25) is 0 Å². The van der Waals surface area contributed by atoms with Crippen molar-refractivity contribution in [3.05, 3.63) is 60.2 Å². The minimum absolute atomic E-state index is 0.297. The number of benzene rings is 2. The molecule has 0 unspecified atom stereocenters. The summed E-state index contributed by atoms with van der Waals surface area (Å²) in [5.74, 6) is 0.768. The van der Waals surface area contributed by atoms with Crippen LogP contribution in [0.2, 0.25) is 0 Å². The van der Waals surface area contributed by atoms with Gasteiger partial charge in [-0.1, -0.05) is 30.3 Å². The molecule has 2 aromatic carbocycles. The number of amides is 2. The van der Waals surface area contributed by atoms with Crippen molar-refractivity contribution in [2.24, 2.45) is 0 Å². The normalized spacial score (nSPS) is 11.6. The molecule has 5 heteroatoms. The molecule has 5 nitrogen and oxygen atoms in total. The van der Waals surface area contributed by atoms with Crippen LogP contribution in [0.4, 0.5) is 10.5 Å². The van der Waals surface area contributed by atoms with Gasteiger partial charge in [-0.05, 0) is 43.2 Å². The van der Waals surface area contributed by atoms with Gasteiger partial charge in [-0.25, -0.2) is 4.79 Å². The van der Waals surface area contributed by atoms with Gasteiger partial charge in [0.1, 0.15) is 5.75 Å². The Labute approximate surface area is 136 Å². The average molecular weight is 314 g/mol. The molecular weight excluding hydrogens is 292 g/mol. The number of nitrogens with one attached hydrogen (secondary N) is 2. The summed E-state index contributed by atoms with van der Waals surface area (Å²) in [4.78, 5) is 11.8. The topological polar surface area (TPSA) is 70.6 Å². The smallest absolute Gasteiger partial charge is 0.319 e. The van der Waals surface area contributed by atoms with Crippen LogP contribution in [0.25, 0.3) is 0 Å². The van der Waals surface area contributed by atoms with Crippen molar-refractivity contribution in [2.75, 3.05) is 18.5 Å². The third-order valence-electron chi connectivity index (χ3n) is 3.31. The maximum atomic E-state index is 11.8. The Hall–Kier alpha value is -2.53. The molecule has 0 aliphatic carbocycles. The highest BCUT2D eigenvalue weighted by atomic mass is 16.5. The minimum Gasteiger partial charge on any atom is -0.494 e. The molecule has 2 rings (SSSR count). The van der Waals surface area contributed by atoms with Crippen molar-refractivity contribution in [2.45, 2.75) is 19.4 Å². The summed E-state index contributed by atoms with van der Waals surface area (Å²) < 4.78 is 5.34. The first-order valence-electron chi connectivity index (χ1n) is 7.69. The highest BCUT2D eigenvalue weighted by molar-refractivity contribution is 5.89. The zero-order chi connectivity index (χ0) is 16.5. The van der Waals surface area contributed by atoms with E-state index in [1.165, 1.54) is 0 Å². The Kier molecular flexibility index (Phi) is 6.44. The van der Waals surface area contributed by atoms with Gasteiger partial charge in [-0.15, -0.1) is 0 Å². The molecule has 1 atom stereocenters. The number of urea groups is 1. The fourth-order valence-corrected chi connectivity index (χ4v) is 2.14. The molecule has 0 heterocycles. The molecule has 0 spiro atoms. The lowest BCUT2D eigenvalue weighted by Crippen LogP contribution is -2.30. The van der Waals surface area contributed by atoms with Gasteiger partial charge in [0, 0.05) is 12.2 Å². The summed E-state index contributed by atoms with van der Waals surface area (Å²) >= 11 is 0. The number of ether oxygens (including phenoxy) is 1. The van der Waals surface area contributed by atoms with Crippen molar-refractivity contribution in [1.29, 1.82) is 0 Å². The van der Waals surface area contributed by atoms with E-state index >= 15 is 0 Å². The first-order valence-corrected chi connectivity index (χ1v) is 7.69. The largest absolute Gasteiger partial charge is 0.494 e. The molecule has 122 valence electrons. The van der Waals surface area contributed by atoms with Crippen LogP contribution in [0.15, 0.2) is 54.6 Å². The van der Waals surface area contributed by atoms with E-state index in [2.05, 4.69) is 10.6 Å². The summed E-state index contributed by atoms with van der Waals surface area (Å²) in [6.45, 7) is 2.92. The number of carbonyl (C=O) groups excluding carboxylic acids is 1. The van der Waals surface area contributed by atoms with Crippen LogP contribution in [0.5, 0.6) is 5.75 Å². The summed E-state index contributed by atoms with van der Waals surface area (Å²) in [7, 11) is 0.